The maximum absolute atomic E-state index is 13.1. The van der Waals surface area contributed by atoms with Gasteiger partial charge in [-0.3, -0.25) is 34.2 Å². The highest BCUT2D eigenvalue weighted by molar-refractivity contribution is 6.25. The summed E-state index contributed by atoms with van der Waals surface area (Å²) in [6.45, 7) is 4.01. The van der Waals surface area contributed by atoms with E-state index in [9.17, 15) is 24.0 Å². The van der Waals surface area contributed by atoms with Crippen LogP contribution < -0.4 is 15.4 Å². The number of nitrogens with zero attached hydrogens (tertiary/aromatic N) is 1. The molecule has 0 bridgehead atoms. The fourth-order valence-electron chi connectivity index (χ4n) is 4.54. The van der Waals surface area contributed by atoms with Crippen LogP contribution in [0.3, 0.4) is 0 Å². The molecule has 0 aliphatic carbocycles. The van der Waals surface area contributed by atoms with E-state index in [1.807, 2.05) is 0 Å². The molecule has 2 heterocycles. The highest BCUT2D eigenvalue weighted by atomic mass is 16.6. The minimum absolute atomic E-state index is 0.0668. The third-order valence-corrected chi connectivity index (χ3v) is 6.66. The number of rotatable bonds is 19. The number of hydrogen-bond donors (Lipinski definition) is 2. The lowest BCUT2D eigenvalue weighted by atomic mass is 10.0. The molecule has 1 fully saturated rings. The lowest BCUT2D eigenvalue weighted by Crippen LogP contribution is -2.54. The van der Waals surface area contributed by atoms with E-state index in [4.69, 9.17) is 23.7 Å². The number of nitrogens with one attached hydrogen (secondary N) is 2. The number of carbonyl (C=O) groups excluding carboxylic acids is 5. The smallest absolute Gasteiger partial charge is 0.264 e. The van der Waals surface area contributed by atoms with E-state index in [1.165, 1.54) is 0 Å². The van der Waals surface area contributed by atoms with Crippen molar-refractivity contribution >= 4 is 35.6 Å². The molecule has 1 atom stereocenters. The van der Waals surface area contributed by atoms with Crippen molar-refractivity contribution in [2.24, 2.45) is 0 Å². The van der Waals surface area contributed by atoms with E-state index < -0.39 is 29.7 Å². The summed E-state index contributed by atoms with van der Waals surface area (Å²) in [5.74, 6) is -1.49. The fraction of sp³-hybridized carbons (Fsp3) is 0.433. The number of piperidine rings is 1. The van der Waals surface area contributed by atoms with E-state index in [-0.39, 0.29) is 24.0 Å². The summed E-state index contributed by atoms with van der Waals surface area (Å²) in [7, 11) is 0. The Balaban J connectivity index is 1.01. The van der Waals surface area contributed by atoms with Crippen LogP contribution in [0.2, 0.25) is 0 Å². The summed E-state index contributed by atoms with van der Waals surface area (Å²) in [5, 5.41) is 5.31. The quantitative estimate of drug-likeness (QED) is 0.137. The molecule has 4 amide bonds. The van der Waals surface area contributed by atoms with Crippen molar-refractivity contribution in [3.05, 3.63) is 59.2 Å². The zero-order chi connectivity index (χ0) is 30.4. The summed E-state index contributed by atoms with van der Waals surface area (Å²) < 4.78 is 27.5. The first kappa shape index (κ1) is 31.8. The molecule has 0 aromatic heterocycles. The maximum atomic E-state index is 13.1. The number of benzene rings is 2. The van der Waals surface area contributed by atoms with Gasteiger partial charge in [0.1, 0.15) is 24.7 Å². The second-order valence-electron chi connectivity index (χ2n) is 9.59. The molecule has 1 saturated heterocycles. The van der Waals surface area contributed by atoms with Gasteiger partial charge >= 0.3 is 0 Å². The Morgan fingerprint density at radius 3 is 2.05 bits per heavy atom. The predicted molar refractivity (Wildman–Crippen MR) is 152 cm³/mol. The lowest BCUT2D eigenvalue weighted by Gasteiger charge is -2.27. The fourth-order valence-corrected chi connectivity index (χ4v) is 4.54. The van der Waals surface area contributed by atoms with Gasteiger partial charge in [-0.25, -0.2) is 0 Å². The Hall–Kier alpha value is -4.17. The van der Waals surface area contributed by atoms with Crippen molar-refractivity contribution in [1.29, 1.82) is 0 Å². The summed E-state index contributed by atoms with van der Waals surface area (Å²) in [6, 6.07) is 10.7. The van der Waals surface area contributed by atoms with Crippen molar-refractivity contribution in [3.8, 4) is 5.75 Å². The summed E-state index contributed by atoms with van der Waals surface area (Å²) in [5.41, 5.74) is 1.50. The average Bonchev–Trinajstić information content (AvgIpc) is 3.27. The number of fused-ring (bicyclic) bond motifs is 1. The van der Waals surface area contributed by atoms with Crippen molar-refractivity contribution < 1.29 is 47.7 Å². The van der Waals surface area contributed by atoms with Gasteiger partial charge in [0.05, 0.1) is 64.0 Å². The van der Waals surface area contributed by atoms with Crippen LogP contribution in [0.4, 0.5) is 5.69 Å². The van der Waals surface area contributed by atoms with Crippen LogP contribution in [0.1, 0.15) is 43.9 Å². The average molecular weight is 598 g/mol. The molecule has 0 radical (unpaired) electrons. The molecule has 2 aliphatic rings. The van der Waals surface area contributed by atoms with Crippen LogP contribution in [0, 0.1) is 0 Å². The standard InChI is InChI=1S/C30H35N3O10/c34-20-21-4-6-22(7-5-21)43-19-18-42-17-16-41-15-14-40-13-12-39-11-10-31-24-3-1-2-23-27(24)30(38)33(29(23)37)25-8-9-26(35)32-28(25)36/h1-7,20,25,31H,8-19H2,(H,32,35,36). The summed E-state index contributed by atoms with van der Waals surface area (Å²) >= 11 is 0. The van der Waals surface area contributed by atoms with E-state index in [0.29, 0.717) is 83.0 Å². The second-order valence-corrected chi connectivity index (χ2v) is 9.59. The molecule has 0 spiro atoms. The lowest BCUT2D eigenvalue weighted by molar-refractivity contribution is -0.136. The van der Waals surface area contributed by atoms with E-state index in [0.717, 1.165) is 11.2 Å². The zero-order valence-corrected chi connectivity index (χ0v) is 23.7. The minimum atomic E-state index is -1.01. The molecule has 1 unspecified atom stereocenters. The molecule has 230 valence electrons. The number of ether oxygens (including phenoxy) is 5. The molecule has 43 heavy (non-hydrogen) atoms. The van der Waals surface area contributed by atoms with Crippen molar-refractivity contribution in [3.63, 3.8) is 0 Å². The number of aldehydes is 1. The van der Waals surface area contributed by atoms with Crippen molar-refractivity contribution in [2.75, 3.05) is 71.3 Å². The van der Waals surface area contributed by atoms with Crippen LogP contribution in [-0.2, 0) is 28.5 Å². The van der Waals surface area contributed by atoms with Gasteiger partial charge in [0.2, 0.25) is 11.8 Å². The third kappa shape index (κ3) is 8.91. The number of amides is 4. The summed E-state index contributed by atoms with van der Waals surface area (Å²) in [4.78, 5) is 61.3. The molecule has 13 heteroatoms. The van der Waals surface area contributed by atoms with E-state index >= 15 is 0 Å². The Morgan fingerprint density at radius 2 is 1.42 bits per heavy atom. The Kier molecular flexibility index (Phi) is 12.2. The minimum Gasteiger partial charge on any atom is -0.491 e. The number of carbonyl (C=O) groups is 5. The van der Waals surface area contributed by atoms with E-state index in [2.05, 4.69) is 10.6 Å². The molecular formula is C30H35N3O10. The Bertz CT molecular complexity index is 1280. The monoisotopic (exact) mass is 597 g/mol. The third-order valence-electron chi connectivity index (χ3n) is 6.66. The molecular weight excluding hydrogens is 562 g/mol. The zero-order valence-electron chi connectivity index (χ0n) is 23.7. The first-order valence-corrected chi connectivity index (χ1v) is 14.1. The van der Waals surface area contributed by atoms with Gasteiger partial charge < -0.3 is 29.0 Å². The first-order chi connectivity index (χ1) is 21.0. The van der Waals surface area contributed by atoms with Crippen LogP contribution in [0.15, 0.2) is 42.5 Å². The van der Waals surface area contributed by atoms with E-state index in [1.54, 1.807) is 42.5 Å². The van der Waals surface area contributed by atoms with Crippen molar-refractivity contribution in [2.45, 2.75) is 18.9 Å². The molecule has 2 N–H and O–H groups in total. The number of imide groups is 2. The normalized spacial score (nSPS) is 16.3. The Morgan fingerprint density at radius 1 is 0.791 bits per heavy atom. The SMILES string of the molecule is O=Cc1ccc(OCCOCCOCCOCCOCCNc2cccc3c2C(=O)N(C2CCC(=O)NC2=O)C3=O)cc1. The molecule has 4 rings (SSSR count). The molecule has 2 aromatic carbocycles. The van der Waals surface area contributed by atoms with Gasteiger partial charge in [-0.1, -0.05) is 6.07 Å². The van der Waals surface area contributed by atoms with Crippen LogP contribution in [0.25, 0.3) is 0 Å². The molecule has 2 aromatic rings. The van der Waals surface area contributed by atoms with Gasteiger partial charge in [-0.15, -0.1) is 0 Å². The van der Waals surface area contributed by atoms with Crippen LogP contribution in [-0.4, -0.2) is 107 Å². The summed E-state index contributed by atoms with van der Waals surface area (Å²) in [6.07, 6.45) is 0.952. The van der Waals surface area contributed by atoms with Crippen LogP contribution >= 0.6 is 0 Å². The molecule has 2 aliphatic heterocycles. The van der Waals surface area contributed by atoms with Crippen LogP contribution in [0.5, 0.6) is 5.75 Å². The van der Waals surface area contributed by atoms with Gasteiger partial charge in [-0.2, -0.15) is 0 Å². The highest BCUT2D eigenvalue weighted by Gasteiger charge is 2.45. The molecule has 0 saturated carbocycles. The number of hydrogen-bond acceptors (Lipinski definition) is 11. The second kappa shape index (κ2) is 16.5. The van der Waals surface area contributed by atoms with Gasteiger partial charge in [-0.05, 0) is 42.8 Å². The Labute approximate surface area is 248 Å². The molecule has 13 nitrogen and oxygen atoms in total. The maximum Gasteiger partial charge on any atom is 0.264 e. The largest absolute Gasteiger partial charge is 0.491 e. The van der Waals surface area contributed by atoms with Gasteiger partial charge in [0.25, 0.3) is 11.8 Å². The van der Waals surface area contributed by atoms with Gasteiger partial charge in [0.15, 0.2) is 0 Å². The predicted octanol–water partition coefficient (Wildman–Crippen LogP) is 1.46. The highest BCUT2D eigenvalue weighted by Crippen LogP contribution is 2.32. The number of anilines is 1. The van der Waals surface area contributed by atoms with Gasteiger partial charge in [0, 0.05) is 24.2 Å². The topological polar surface area (TPSA) is 159 Å². The first-order valence-electron chi connectivity index (χ1n) is 14.1. The van der Waals surface area contributed by atoms with Crippen molar-refractivity contribution in [1.82, 2.24) is 10.2 Å².